The summed E-state index contributed by atoms with van der Waals surface area (Å²) >= 11 is 1.14. The van der Waals surface area contributed by atoms with Gasteiger partial charge in [0.1, 0.15) is 29.4 Å². The molecule has 2 bridgehead atoms. The molecule has 2 atom stereocenters. The molecule has 3 N–H and O–H groups in total. The van der Waals surface area contributed by atoms with Gasteiger partial charge in [0.15, 0.2) is 5.12 Å². The van der Waals surface area contributed by atoms with E-state index in [9.17, 15) is 28.4 Å². The molecule has 0 aliphatic carbocycles. The zero-order chi connectivity index (χ0) is 26.0. The first kappa shape index (κ1) is 27.7. The van der Waals surface area contributed by atoms with Crippen LogP contribution in [0.4, 0.5) is 4.39 Å². The van der Waals surface area contributed by atoms with Gasteiger partial charge in [-0.15, -0.1) is 0 Å². The van der Waals surface area contributed by atoms with Crippen molar-refractivity contribution in [2.24, 2.45) is 0 Å². The number of aromatic nitrogens is 1. The number of nitrogens with one attached hydrogen (secondary N) is 3. The number of hydrogen-bond acceptors (Lipinski definition) is 8. The van der Waals surface area contributed by atoms with E-state index < -0.39 is 41.7 Å². The van der Waals surface area contributed by atoms with Gasteiger partial charge in [0.25, 0.3) is 11.8 Å². The lowest BCUT2D eigenvalue weighted by atomic mass is 10.2. The average molecular weight is 507 g/mol. The van der Waals surface area contributed by atoms with Gasteiger partial charge in [0.2, 0.25) is 5.91 Å². The third-order valence-electron chi connectivity index (χ3n) is 4.62. The second-order valence-electron chi connectivity index (χ2n) is 7.53. The van der Waals surface area contributed by atoms with Crippen LogP contribution in [0.2, 0.25) is 0 Å². The summed E-state index contributed by atoms with van der Waals surface area (Å²) in [4.78, 5) is 65.2. The van der Waals surface area contributed by atoms with Crippen molar-refractivity contribution in [1.82, 2.24) is 20.9 Å². The number of carbonyl (C=O) groups excluding carboxylic acids is 5. The van der Waals surface area contributed by atoms with Crippen LogP contribution in [-0.2, 0) is 30.5 Å². The van der Waals surface area contributed by atoms with Crippen LogP contribution in [0.3, 0.4) is 0 Å². The molecule has 1 aromatic heterocycles. The summed E-state index contributed by atoms with van der Waals surface area (Å²) in [6, 6.07) is 0.864. The van der Waals surface area contributed by atoms with Gasteiger partial charge in [-0.2, -0.15) is 0 Å². The van der Waals surface area contributed by atoms with Crippen LogP contribution in [0, 0.1) is 5.82 Å². The summed E-state index contributed by atoms with van der Waals surface area (Å²) in [5.41, 5.74) is -0.367. The molecule has 0 fully saturated rings. The highest BCUT2D eigenvalue weighted by molar-refractivity contribution is 8.13. The van der Waals surface area contributed by atoms with Gasteiger partial charge in [-0.25, -0.2) is 14.2 Å². The summed E-state index contributed by atoms with van der Waals surface area (Å²) in [5.74, 6) is -3.12. The number of halogens is 1. The highest BCUT2D eigenvalue weighted by Gasteiger charge is 2.25. The van der Waals surface area contributed by atoms with E-state index in [2.05, 4.69) is 20.9 Å². The maximum atomic E-state index is 14.1. The number of pyridine rings is 1. The van der Waals surface area contributed by atoms with E-state index in [1.165, 1.54) is 32.9 Å². The molecule has 0 aromatic carbocycles. The summed E-state index contributed by atoms with van der Waals surface area (Å²) in [6.45, 7) is 4.17. The van der Waals surface area contributed by atoms with E-state index in [1.54, 1.807) is 6.08 Å². The molecule has 10 nitrogen and oxygen atoms in total. The second-order valence-corrected chi connectivity index (χ2v) is 8.80. The minimum atomic E-state index is -1.10. The third-order valence-corrected chi connectivity index (χ3v) is 5.47. The number of ether oxygens (including phenoxy) is 1. The number of rotatable bonds is 4. The molecule has 0 radical (unpaired) electrons. The summed E-state index contributed by atoms with van der Waals surface area (Å²) < 4.78 is 19.5. The van der Waals surface area contributed by atoms with Crippen molar-refractivity contribution in [1.29, 1.82) is 0 Å². The number of cyclic esters (lactones) is 1. The minimum Gasteiger partial charge on any atom is -0.456 e. The zero-order valence-electron chi connectivity index (χ0n) is 19.6. The fraction of sp³-hybridized carbons (Fsp3) is 0.391. The normalized spacial score (nSPS) is 21.3. The van der Waals surface area contributed by atoms with E-state index in [-0.39, 0.29) is 35.2 Å². The summed E-state index contributed by atoms with van der Waals surface area (Å²) in [5, 5.41) is 7.29. The standard InChI is InChI=1S/C23H27FN4O6S/c1-4-18-21(31)26-13(2)23(33)34-17(7-5-6-8-35-14(3)29)11-20(30)25-12-16-9-15(24)10-19(27-16)22(32)28-18/h4-5,7,9-10,13,17H,6,8,11-12H2,1-3H3,(H,25,30)(H,26,31)(H,28,32)/b7-5+,18-4-/t13-,17+/m0/s1. The molecule has 1 aliphatic rings. The Morgan fingerprint density at radius 3 is 2.69 bits per heavy atom. The molecule has 3 amide bonds. The molecule has 12 heteroatoms. The van der Waals surface area contributed by atoms with E-state index in [0.29, 0.717) is 12.2 Å². The van der Waals surface area contributed by atoms with Gasteiger partial charge in [-0.05, 0) is 32.4 Å². The van der Waals surface area contributed by atoms with Gasteiger partial charge in [0, 0.05) is 18.7 Å². The van der Waals surface area contributed by atoms with Crippen molar-refractivity contribution in [2.45, 2.75) is 52.3 Å². The molecule has 0 saturated heterocycles. The second kappa shape index (κ2) is 13.4. The summed E-state index contributed by atoms with van der Waals surface area (Å²) in [6.07, 6.45) is 3.86. The van der Waals surface area contributed by atoms with Crippen LogP contribution in [0.25, 0.3) is 0 Å². The number of nitrogens with zero attached hydrogens (tertiary/aromatic N) is 1. The number of esters is 1. The van der Waals surface area contributed by atoms with Gasteiger partial charge >= 0.3 is 5.97 Å². The number of fused-ring (bicyclic) bond motifs is 2. The fourth-order valence-electron chi connectivity index (χ4n) is 2.90. The first-order valence-electron chi connectivity index (χ1n) is 10.8. The molecular weight excluding hydrogens is 479 g/mol. The Morgan fingerprint density at radius 1 is 1.26 bits per heavy atom. The largest absolute Gasteiger partial charge is 0.456 e. The number of amides is 3. The molecule has 2 heterocycles. The van der Waals surface area contributed by atoms with Crippen LogP contribution in [-0.4, -0.2) is 51.7 Å². The van der Waals surface area contributed by atoms with Crippen LogP contribution in [0.1, 0.15) is 49.8 Å². The quantitative estimate of drug-likeness (QED) is 0.241. The Bertz CT molecular complexity index is 1060. The Balaban J connectivity index is 2.29. The molecule has 1 aliphatic heterocycles. The maximum Gasteiger partial charge on any atom is 0.328 e. The Kier molecular flexibility index (Phi) is 10.6. The SMILES string of the molecule is C/C=C1\NC(=O)c2cc(F)cc(n2)CNC(=O)C[C@@H](/C=C/CCSC(C)=O)OC(=O)[C@H](C)NC1=O. The molecule has 35 heavy (non-hydrogen) atoms. The van der Waals surface area contributed by atoms with Crippen LogP contribution < -0.4 is 16.0 Å². The number of thioether (sulfide) groups is 1. The first-order chi connectivity index (χ1) is 16.6. The van der Waals surface area contributed by atoms with E-state index in [1.807, 2.05) is 0 Å². The van der Waals surface area contributed by atoms with Crippen LogP contribution in [0.5, 0.6) is 0 Å². The minimum absolute atomic E-state index is 0.0238. The predicted octanol–water partition coefficient (Wildman–Crippen LogP) is 1.52. The number of hydrogen-bond donors (Lipinski definition) is 3. The van der Waals surface area contributed by atoms with Crippen LogP contribution in [0.15, 0.2) is 36.1 Å². The van der Waals surface area contributed by atoms with Crippen LogP contribution >= 0.6 is 11.8 Å². The van der Waals surface area contributed by atoms with Gasteiger partial charge in [-0.3, -0.25) is 19.2 Å². The molecule has 2 rings (SSSR count). The monoisotopic (exact) mass is 506 g/mol. The smallest absolute Gasteiger partial charge is 0.328 e. The lowest BCUT2D eigenvalue weighted by molar-refractivity contribution is -0.151. The molecule has 0 unspecified atom stereocenters. The predicted molar refractivity (Wildman–Crippen MR) is 126 cm³/mol. The molecule has 0 spiro atoms. The van der Waals surface area contributed by atoms with E-state index in [0.717, 1.165) is 23.9 Å². The maximum absolute atomic E-state index is 14.1. The molecular formula is C23H27FN4O6S. The van der Waals surface area contributed by atoms with Crippen molar-refractivity contribution in [3.05, 3.63) is 53.3 Å². The first-order valence-corrected chi connectivity index (χ1v) is 11.8. The summed E-state index contributed by atoms with van der Waals surface area (Å²) in [7, 11) is 0. The van der Waals surface area contributed by atoms with Crippen molar-refractivity contribution < 1.29 is 33.1 Å². The lowest BCUT2D eigenvalue weighted by Gasteiger charge is -2.19. The Morgan fingerprint density at radius 2 is 2.00 bits per heavy atom. The van der Waals surface area contributed by atoms with Gasteiger partial charge in [-0.1, -0.05) is 23.9 Å². The fourth-order valence-corrected chi connectivity index (χ4v) is 3.44. The molecule has 0 saturated carbocycles. The number of carbonyl (C=O) groups is 5. The molecule has 188 valence electrons. The van der Waals surface area contributed by atoms with Gasteiger partial charge < -0.3 is 20.7 Å². The number of allylic oxidation sites excluding steroid dienone is 2. The van der Waals surface area contributed by atoms with E-state index >= 15 is 0 Å². The Hall–Kier alpha value is -3.54. The highest BCUT2D eigenvalue weighted by Crippen LogP contribution is 2.10. The van der Waals surface area contributed by atoms with Crippen molar-refractivity contribution in [3.8, 4) is 0 Å². The van der Waals surface area contributed by atoms with Crippen molar-refractivity contribution >= 4 is 40.6 Å². The van der Waals surface area contributed by atoms with Crippen molar-refractivity contribution in [3.63, 3.8) is 0 Å². The van der Waals surface area contributed by atoms with Gasteiger partial charge in [0.05, 0.1) is 18.7 Å². The third kappa shape index (κ3) is 9.32. The topological polar surface area (TPSA) is 144 Å². The molecule has 1 aromatic rings. The lowest BCUT2D eigenvalue weighted by Crippen LogP contribution is -2.44. The van der Waals surface area contributed by atoms with Crippen molar-refractivity contribution in [2.75, 3.05) is 5.75 Å². The zero-order valence-corrected chi connectivity index (χ0v) is 20.4. The Labute approximate surface area is 206 Å². The van der Waals surface area contributed by atoms with E-state index in [4.69, 9.17) is 4.74 Å². The highest BCUT2D eigenvalue weighted by atomic mass is 32.2. The average Bonchev–Trinajstić information content (AvgIpc) is 2.79.